The third-order valence-electron chi connectivity index (χ3n) is 7.53. The summed E-state index contributed by atoms with van der Waals surface area (Å²) in [5, 5.41) is 11.7. The lowest BCUT2D eigenvalue weighted by Gasteiger charge is -2.28. The molecule has 3 heterocycles. The minimum absolute atomic E-state index is 0.0952. The number of anilines is 2. The van der Waals surface area contributed by atoms with Crippen molar-refractivity contribution < 1.29 is 42.1 Å². The van der Waals surface area contributed by atoms with Gasteiger partial charge in [-0.05, 0) is 49.1 Å². The molecule has 0 radical (unpaired) electrons. The van der Waals surface area contributed by atoms with Crippen molar-refractivity contribution in [3.8, 4) is 5.75 Å². The van der Waals surface area contributed by atoms with Crippen LogP contribution in [0.2, 0.25) is 0 Å². The summed E-state index contributed by atoms with van der Waals surface area (Å²) in [6, 6.07) is 6.18. The van der Waals surface area contributed by atoms with Crippen molar-refractivity contribution in [1.82, 2.24) is 9.88 Å². The van der Waals surface area contributed by atoms with Crippen molar-refractivity contribution in [2.24, 2.45) is 0 Å². The highest BCUT2D eigenvalue weighted by Gasteiger charge is 2.33. The number of carbonyl (C=O) groups is 3. The lowest BCUT2D eigenvalue weighted by atomic mass is 10.0. The predicted octanol–water partition coefficient (Wildman–Crippen LogP) is 3.87. The van der Waals surface area contributed by atoms with Crippen molar-refractivity contribution in [2.45, 2.75) is 52.5 Å². The number of alkyl halides is 2. The number of hydrogen-bond donors (Lipinski definition) is 2. The predicted molar refractivity (Wildman–Crippen MR) is 150 cm³/mol. The monoisotopic (exact) mass is 602 g/mol. The molecule has 0 bridgehead atoms. The van der Waals surface area contributed by atoms with Crippen LogP contribution >= 0.6 is 0 Å². The van der Waals surface area contributed by atoms with Gasteiger partial charge >= 0.3 is 18.7 Å². The Morgan fingerprint density at radius 3 is 2.65 bits per heavy atom. The molecule has 0 unspecified atom stereocenters. The van der Waals surface area contributed by atoms with Crippen LogP contribution in [0.4, 0.5) is 29.3 Å². The van der Waals surface area contributed by atoms with E-state index in [4.69, 9.17) is 9.47 Å². The smallest absolute Gasteiger partial charge is 0.414 e. The largest absolute Gasteiger partial charge is 0.477 e. The van der Waals surface area contributed by atoms with Crippen LogP contribution in [0.1, 0.15) is 41.8 Å². The standard InChI is InChI=1S/C29H29F3N4O7/c1-3-34-14-21(27(39)40)25(38)20-10-22(30)24(26(23(20)34)43-28(31)32)35-8-4-5-16-9-18(7-6-17(16)12-35)36-13-19(42-29(36)41)11-33-15(2)37/h6-7,9-10,14,19,28H,3-5,8,11-13H2,1-2H3,(H,33,37)(H,39,40)/t19-/m0/s1. The summed E-state index contributed by atoms with van der Waals surface area (Å²) < 4.78 is 54.7. The minimum Gasteiger partial charge on any atom is -0.477 e. The number of aryl methyl sites for hydroxylation is 2. The van der Waals surface area contributed by atoms with Crippen LogP contribution in [-0.2, 0) is 29.0 Å². The summed E-state index contributed by atoms with van der Waals surface area (Å²) in [6.07, 6.45) is 1.01. The molecule has 1 aromatic heterocycles. The minimum atomic E-state index is -3.35. The lowest BCUT2D eigenvalue weighted by molar-refractivity contribution is -0.119. The van der Waals surface area contributed by atoms with Gasteiger partial charge in [-0.15, -0.1) is 0 Å². The molecule has 1 atom stereocenters. The van der Waals surface area contributed by atoms with E-state index in [9.17, 15) is 33.1 Å². The van der Waals surface area contributed by atoms with Gasteiger partial charge in [0.05, 0.1) is 24.0 Å². The van der Waals surface area contributed by atoms with Crippen molar-refractivity contribution >= 4 is 40.2 Å². The van der Waals surface area contributed by atoms with Crippen LogP contribution in [0, 0.1) is 5.82 Å². The Morgan fingerprint density at radius 1 is 1.21 bits per heavy atom. The van der Waals surface area contributed by atoms with Crippen molar-refractivity contribution in [3.63, 3.8) is 0 Å². The maximum Gasteiger partial charge on any atom is 0.414 e. The molecule has 1 saturated heterocycles. The first kappa shape index (κ1) is 29.7. The van der Waals surface area contributed by atoms with Gasteiger partial charge in [-0.3, -0.25) is 14.5 Å². The highest BCUT2D eigenvalue weighted by molar-refractivity contribution is 5.97. The van der Waals surface area contributed by atoms with Gasteiger partial charge in [0.1, 0.15) is 17.4 Å². The van der Waals surface area contributed by atoms with Crippen LogP contribution in [0.15, 0.2) is 35.3 Å². The molecule has 2 aliphatic rings. The number of nitrogens with zero attached hydrogens (tertiary/aromatic N) is 3. The normalized spacial score (nSPS) is 16.7. The molecule has 2 aromatic carbocycles. The maximum absolute atomic E-state index is 15.8. The topological polar surface area (TPSA) is 130 Å². The summed E-state index contributed by atoms with van der Waals surface area (Å²) in [5.41, 5.74) is 0.195. The molecular formula is C29H29F3N4O7. The molecule has 2 aliphatic heterocycles. The second kappa shape index (κ2) is 11.9. The summed E-state index contributed by atoms with van der Waals surface area (Å²) in [7, 11) is 0. The molecule has 11 nitrogen and oxygen atoms in total. The van der Waals surface area contributed by atoms with Crippen LogP contribution in [0.5, 0.6) is 5.75 Å². The van der Waals surface area contributed by atoms with Crippen LogP contribution in [-0.4, -0.2) is 60.0 Å². The molecule has 0 spiro atoms. The van der Waals surface area contributed by atoms with Gasteiger partial charge in [-0.1, -0.05) is 6.07 Å². The van der Waals surface area contributed by atoms with E-state index in [0.717, 1.165) is 23.4 Å². The number of ether oxygens (including phenoxy) is 2. The Labute approximate surface area is 243 Å². The molecule has 3 aromatic rings. The van der Waals surface area contributed by atoms with Gasteiger partial charge in [-0.25, -0.2) is 14.0 Å². The Hall–Kier alpha value is -4.75. The molecule has 43 heavy (non-hydrogen) atoms. The van der Waals surface area contributed by atoms with E-state index in [2.05, 4.69) is 5.32 Å². The average molecular weight is 603 g/mol. The lowest BCUT2D eigenvalue weighted by Crippen LogP contribution is -2.33. The summed E-state index contributed by atoms with van der Waals surface area (Å²) in [6.45, 7) is 0.524. The van der Waals surface area contributed by atoms with Crippen molar-refractivity contribution in [2.75, 3.05) is 29.4 Å². The zero-order valence-electron chi connectivity index (χ0n) is 23.4. The van der Waals surface area contributed by atoms with Gasteiger partial charge in [0.25, 0.3) is 0 Å². The molecule has 14 heteroatoms. The zero-order chi connectivity index (χ0) is 31.0. The Morgan fingerprint density at radius 2 is 1.98 bits per heavy atom. The highest BCUT2D eigenvalue weighted by atomic mass is 19.3. The number of hydrogen-bond acceptors (Lipinski definition) is 7. The molecule has 0 aliphatic carbocycles. The van der Waals surface area contributed by atoms with Gasteiger partial charge in [0.2, 0.25) is 11.3 Å². The van der Waals surface area contributed by atoms with E-state index in [1.807, 2.05) is 6.07 Å². The molecule has 228 valence electrons. The number of nitrogens with one attached hydrogen (secondary N) is 1. The number of fused-ring (bicyclic) bond motifs is 2. The number of amides is 2. The number of pyridine rings is 1. The fourth-order valence-electron chi connectivity index (χ4n) is 5.59. The second-order valence-electron chi connectivity index (χ2n) is 10.3. The molecule has 1 fully saturated rings. The first-order valence-electron chi connectivity index (χ1n) is 13.7. The van der Waals surface area contributed by atoms with Crippen molar-refractivity contribution in [3.05, 3.63) is 63.2 Å². The number of carboxylic acid groups (broad SMARTS) is 1. The number of rotatable bonds is 8. The van der Waals surface area contributed by atoms with E-state index in [-0.39, 0.29) is 55.2 Å². The number of carboxylic acids is 1. The average Bonchev–Trinajstić information content (AvgIpc) is 3.19. The van der Waals surface area contributed by atoms with Gasteiger partial charge in [0, 0.05) is 38.4 Å². The van der Waals surface area contributed by atoms with E-state index in [1.165, 1.54) is 16.4 Å². The van der Waals surface area contributed by atoms with Gasteiger partial charge in [0.15, 0.2) is 11.6 Å². The number of benzene rings is 2. The fraction of sp³-hybridized carbons (Fsp3) is 0.379. The van der Waals surface area contributed by atoms with Gasteiger partial charge < -0.3 is 29.4 Å². The number of carbonyl (C=O) groups excluding carboxylic acids is 2. The van der Waals surface area contributed by atoms with Crippen LogP contribution in [0.25, 0.3) is 10.9 Å². The molecule has 2 amide bonds. The summed E-state index contributed by atoms with van der Waals surface area (Å²) >= 11 is 0. The third-order valence-corrected chi connectivity index (χ3v) is 7.53. The van der Waals surface area contributed by atoms with E-state index in [1.54, 1.807) is 24.0 Å². The number of aromatic nitrogens is 1. The number of cyclic esters (lactones) is 1. The zero-order valence-corrected chi connectivity index (χ0v) is 23.4. The third kappa shape index (κ3) is 5.81. The molecule has 5 rings (SSSR count). The Balaban J connectivity index is 1.53. The highest BCUT2D eigenvalue weighted by Crippen LogP contribution is 2.41. The SMILES string of the molecule is CCn1cc(C(=O)O)c(=O)c2cc(F)c(N3CCCc4cc(N5C[C@H](CNC(C)=O)OC5=O)ccc4C3)c(OC(F)F)c21. The van der Waals surface area contributed by atoms with Gasteiger partial charge in [-0.2, -0.15) is 8.78 Å². The number of aromatic carboxylic acids is 1. The Bertz CT molecular complexity index is 1680. The Kier molecular flexibility index (Phi) is 8.20. The van der Waals surface area contributed by atoms with E-state index < -0.39 is 47.3 Å². The number of halogens is 3. The van der Waals surface area contributed by atoms with E-state index >= 15 is 4.39 Å². The van der Waals surface area contributed by atoms with Crippen LogP contribution in [0.3, 0.4) is 0 Å². The molecular weight excluding hydrogens is 573 g/mol. The fourth-order valence-corrected chi connectivity index (χ4v) is 5.59. The second-order valence-corrected chi connectivity index (χ2v) is 10.3. The van der Waals surface area contributed by atoms with Crippen LogP contribution < -0.4 is 25.3 Å². The molecule has 0 saturated carbocycles. The summed E-state index contributed by atoms with van der Waals surface area (Å²) in [4.78, 5) is 51.3. The summed E-state index contributed by atoms with van der Waals surface area (Å²) in [5.74, 6) is -3.32. The molecule has 2 N–H and O–H groups in total. The quantitative estimate of drug-likeness (QED) is 0.398. The van der Waals surface area contributed by atoms with E-state index in [0.29, 0.717) is 18.5 Å². The first-order chi connectivity index (χ1) is 20.5. The first-order valence-corrected chi connectivity index (χ1v) is 13.7. The maximum atomic E-state index is 15.8. The van der Waals surface area contributed by atoms with Crippen molar-refractivity contribution in [1.29, 1.82) is 0 Å².